The highest BCUT2D eigenvalue weighted by molar-refractivity contribution is 5.98. The van der Waals surface area contributed by atoms with E-state index in [1.807, 2.05) is 38.1 Å². The number of para-hydroxylation sites is 1. The maximum Gasteiger partial charge on any atom is 0.321 e. The van der Waals surface area contributed by atoms with Gasteiger partial charge in [0.15, 0.2) is 0 Å². The van der Waals surface area contributed by atoms with Gasteiger partial charge in [0.05, 0.1) is 5.41 Å². The number of hydrogen-bond donors (Lipinski definition) is 0. The summed E-state index contributed by atoms with van der Waals surface area (Å²) >= 11 is 0. The number of allylic oxidation sites excluding steroid dienone is 1. The molecule has 0 aromatic heterocycles. The molecule has 2 rings (SSSR count). The van der Waals surface area contributed by atoms with Crippen molar-refractivity contribution in [3.05, 3.63) is 35.9 Å². The predicted octanol–water partition coefficient (Wildman–Crippen LogP) is 3.43. The normalized spacial score (nSPS) is 20.4. The minimum absolute atomic E-state index is 0.175. The molecule has 1 aliphatic heterocycles. The van der Waals surface area contributed by atoms with Crippen LogP contribution in [0.3, 0.4) is 0 Å². The van der Waals surface area contributed by atoms with E-state index in [9.17, 15) is 4.79 Å². The van der Waals surface area contributed by atoms with Gasteiger partial charge in [-0.1, -0.05) is 31.2 Å². The van der Waals surface area contributed by atoms with Crippen molar-refractivity contribution in [3.8, 4) is 5.75 Å². The molecule has 2 heteroatoms. The Hall–Kier alpha value is -1.57. The van der Waals surface area contributed by atoms with Crippen LogP contribution in [0.25, 0.3) is 5.57 Å². The highest BCUT2D eigenvalue weighted by Gasteiger charge is 2.39. The molecule has 0 N–H and O–H groups in total. The van der Waals surface area contributed by atoms with E-state index >= 15 is 0 Å². The molecule has 1 aliphatic rings. The van der Waals surface area contributed by atoms with Gasteiger partial charge in [-0.3, -0.25) is 4.79 Å². The molecule has 0 amide bonds. The topological polar surface area (TPSA) is 26.3 Å². The Balaban J connectivity index is 2.63. The Morgan fingerprint density at radius 2 is 2.00 bits per heavy atom. The molecule has 0 unspecified atom stereocenters. The van der Waals surface area contributed by atoms with Crippen molar-refractivity contribution in [3.63, 3.8) is 0 Å². The summed E-state index contributed by atoms with van der Waals surface area (Å²) in [5, 5.41) is 0. The largest absolute Gasteiger partial charge is 0.425 e. The third kappa shape index (κ3) is 1.54. The first-order valence-electron chi connectivity index (χ1n) is 5.59. The minimum atomic E-state index is -0.551. The van der Waals surface area contributed by atoms with Gasteiger partial charge in [0.25, 0.3) is 0 Å². The van der Waals surface area contributed by atoms with Crippen LogP contribution < -0.4 is 4.74 Å². The smallest absolute Gasteiger partial charge is 0.321 e. The number of rotatable bonds is 1. The van der Waals surface area contributed by atoms with Crippen LogP contribution in [0.1, 0.15) is 32.8 Å². The van der Waals surface area contributed by atoms with Gasteiger partial charge in [0, 0.05) is 5.56 Å². The molecule has 2 nitrogen and oxygen atoms in total. The molecule has 1 heterocycles. The highest BCUT2D eigenvalue weighted by atomic mass is 16.5. The van der Waals surface area contributed by atoms with Crippen molar-refractivity contribution in [1.29, 1.82) is 0 Å². The van der Waals surface area contributed by atoms with Gasteiger partial charge in [-0.15, -0.1) is 0 Å². The fourth-order valence-corrected chi connectivity index (χ4v) is 2.02. The van der Waals surface area contributed by atoms with Crippen LogP contribution in [0.5, 0.6) is 5.75 Å². The average molecular weight is 216 g/mol. The first kappa shape index (κ1) is 10.9. The van der Waals surface area contributed by atoms with Crippen LogP contribution in [-0.4, -0.2) is 5.97 Å². The van der Waals surface area contributed by atoms with Crippen molar-refractivity contribution in [2.24, 2.45) is 5.41 Å². The molecule has 0 saturated carbocycles. The second-order valence-corrected chi connectivity index (χ2v) is 4.54. The summed E-state index contributed by atoms with van der Waals surface area (Å²) in [5.41, 5.74) is 1.56. The standard InChI is InChI=1S/C14H16O2/c1-4-7-11-10-8-5-6-9-12(10)16-13(15)14(11,2)3/h5-9H,4H2,1-3H3/b11-7+. The molecule has 16 heavy (non-hydrogen) atoms. The van der Waals surface area contributed by atoms with E-state index in [0.717, 1.165) is 17.6 Å². The molecule has 1 aromatic carbocycles. The van der Waals surface area contributed by atoms with E-state index in [1.165, 1.54) is 0 Å². The lowest BCUT2D eigenvalue weighted by atomic mass is 9.78. The number of carbonyl (C=O) groups excluding carboxylic acids is 1. The first-order chi connectivity index (χ1) is 7.57. The van der Waals surface area contributed by atoms with Crippen molar-refractivity contribution in [2.75, 3.05) is 0 Å². The maximum atomic E-state index is 11.9. The van der Waals surface area contributed by atoms with Crippen LogP contribution in [-0.2, 0) is 4.79 Å². The van der Waals surface area contributed by atoms with E-state index in [-0.39, 0.29) is 5.97 Å². The average Bonchev–Trinajstić information content (AvgIpc) is 2.25. The predicted molar refractivity (Wildman–Crippen MR) is 64.1 cm³/mol. The Bertz CT molecular complexity index is 456. The fraction of sp³-hybridized carbons (Fsp3) is 0.357. The van der Waals surface area contributed by atoms with E-state index in [4.69, 9.17) is 4.74 Å². The van der Waals surface area contributed by atoms with Gasteiger partial charge < -0.3 is 4.74 Å². The number of hydrogen-bond acceptors (Lipinski definition) is 2. The fourth-order valence-electron chi connectivity index (χ4n) is 2.02. The molecule has 0 aliphatic carbocycles. The van der Waals surface area contributed by atoms with Gasteiger partial charge >= 0.3 is 5.97 Å². The molecular weight excluding hydrogens is 200 g/mol. The van der Waals surface area contributed by atoms with Crippen molar-refractivity contribution in [2.45, 2.75) is 27.2 Å². The molecule has 0 fully saturated rings. The Morgan fingerprint density at radius 1 is 1.31 bits per heavy atom. The van der Waals surface area contributed by atoms with Crippen LogP contribution in [0.4, 0.5) is 0 Å². The number of benzene rings is 1. The quantitative estimate of drug-likeness (QED) is 0.531. The Morgan fingerprint density at radius 3 is 2.69 bits per heavy atom. The third-order valence-electron chi connectivity index (χ3n) is 2.97. The van der Waals surface area contributed by atoms with Crippen molar-refractivity contribution >= 4 is 11.5 Å². The lowest BCUT2D eigenvalue weighted by molar-refractivity contribution is -0.141. The van der Waals surface area contributed by atoms with Gasteiger partial charge in [0.1, 0.15) is 5.75 Å². The summed E-state index contributed by atoms with van der Waals surface area (Å²) in [7, 11) is 0. The molecule has 0 spiro atoms. The molecule has 0 bridgehead atoms. The van der Waals surface area contributed by atoms with Gasteiger partial charge in [-0.2, -0.15) is 0 Å². The van der Waals surface area contributed by atoms with E-state index < -0.39 is 5.41 Å². The van der Waals surface area contributed by atoms with Crippen molar-refractivity contribution in [1.82, 2.24) is 0 Å². The SMILES string of the molecule is CC/C=C1\c2ccccc2OC(=O)C1(C)C. The maximum absolute atomic E-state index is 11.9. The molecular formula is C14H16O2. The number of esters is 1. The van der Waals surface area contributed by atoms with Gasteiger partial charge in [-0.25, -0.2) is 0 Å². The van der Waals surface area contributed by atoms with E-state index in [2.05, 4.69) is 13.0 Å². The Kier molecular flexibility index (Phi) is 2.58. The third-order valence-corrected chi connectivity index (χ3v) is 2.97. The van der Waals surface area contributed by atoms with E-state index in [0.29, 0.717) is 5.75 Å². The summed E-state index contributed by atoms with van der Waals surface area (Å²) in [5.74, 6) is 0.498. The monoisotopic (exact) mass is 216 g/mol. The van der Waals surface area contributed by atoms with Gasteiger partial charge in [-0.05, 0) is 31.9 Å². The number of fused-ring (bicyclic) bond motifs is 1. The summed E-state index contributed by atoms with van der Waals surface area (Å²) in [6.07, 6.45) is 3.03. The van der Waals surface area contributed by atoms with Crippen LogP contribution in [0, 0.1) is 5.41 Å². The zero-order chi connectivity index (χ0) is 11.8. The summed E-state index contributed by atoms with van der Waals surface area (Å²) < 4.78 is 5.34. The molecule has 1 aromatic rings. The highest BCUT2D eigenvalue weighted by Crippen LogP contribution is 2.44. The zero-order valence-electron chi connectivity index (χ0n) is 9.91. The van der Waals surface area contributed by atoms with Crippen LogP contribution >= 0.6 is 0 Å². The van der Waals surface area contributed by atoms with Gasteiger partial charge in [0.2, 0.25) is 0 Å². The first-order valence-corrected chi connectivity index (χ1v) is 5.59. The molecule has 0 saturated heterocycles. The lowest BCUT2D eigenvalue weighted by Gasteiger charge is -2.32. The molecule has 84 valence electrons. The van der Waals surface area contributed by atoms with Crippen LogP contribution in [0.2, 0.25) is 0 Å². The summed E-state index contributed by atoms with van der Waals surface area (Å²) in [6, 6.07) is 7.70. The second-order valence-electron chi connectivity index (χ2n) is 4.54. The molecule has 0 radical (unpaired) electrons. The van der Waals surface area contributed by atoms with E-state index in [1.54, 1.807) is 0 Å². The number of carbonyl (C=O) groups is 1. The second kappa shape index (κ2) is 3.78. The zero-order valence-corrected chi connectivity index (χ0v) is 9.91. The summed E-state index contributed by atoms with van der Waals surface area (Å²) in [6.45, 7) is 5.89. The van der Waals surface area contributed by atoms with Crippen LogP contribution in [0.15, 0.2) is 30.3 Å². The minimum Gasteiger partial charge on any atom is -0.425 e. The number of ether oxygens (including phenoxy) is 1. The Labute approximate surface area is 95.9 Å². The van der Waals surface area contributed by atoms with Crippen molar-refractivity contribution < 1.29 is 9.53 Å². The molecule has 0 atom stereocenters. The summed E-state index contributed by atoms with van der Waals surface area (Å²) in [4.78, 5) is 11.9. The lowest BCUT2D eigenvalue weighted by Crippen LogP contribution is -2.34.